The monoisotopic (exact) mass is 422 g/mol. The van der Waals surface area contributed by atoms with Crippen molar-refractivity contribution in [3.8, 4) is 11.1 Å². The van der Waals surface area contributed by atoms with Crippen LogP contribution in [0.3, 0.4) is 0 Å². The van der Waals surface area contributed by atoms with Crippen LogP contribution in [-0.2, 0) is 16.2 Å². The van der Waals surface area contributed by atoms with Crippen molar-refractivity contribution in [2.24, 2.45) is 0 Å². The number of hydrogen-bond donors (Lipinski definition) is 0. The SMILES string of the molecule is CC(C)(C)c1cc(-c2c3ccccc3cc3cccc(C(C)(C)C)c23)cc(C(C)(C)C)c1. The number of benzene rings is 4. The lowest BCUT2D eigenvalue weighted by Gasteiger charge is -2.28. The van der Waals surface area contributed by atoms with Crippen molar-refractivity contribution in [2.45, 2.75) is 78.6 Å². The van der Waals surface area contributed by atoms with Gasteiger partial charge in [0.05, 0.1) is 0 Å². The molecule has 0 fully saturated rings. The minimum absolute atomic E-state index is 0.0607. The standard InChI is InChI=1S/C32H38/c1-30(2,3)24-18-23(19-25(20-24)31(4,5)6)28-26-15-11-10-13-21(26)17-22-14-12-16-27(29(22)28)32(7,8)9/h10-20H,1-9H3. The molecular weight excluding hydrogens is 384 g/mol. The summed E-state index contributed by atoms with van der Waals surface area (Å²) in [6.07, 6.45) is 0. The molecule has 32 heavy (non-hydrogen) atoms. The van der Waals surface area contributed by atoms with Crippen LogP contribution in [0.15, 0.2) is 66.7 Å². The van der Waals surface area contributed by atoms with Gasteiger partial charge in [-0.1, -0.05) is 123 Å². The lowest BCUT2D eigenvalue weighted by atomic mass is 9.76. The van der Waals surface area contributed by atoms with Crippen LogP contribution in [-0.4, -0.2) is 0 Å². The van der Waals surface area contributed by atoms with E-state index in [0.29, 0.717) is 0 Å². The van der Waals surface area contributed by atoms with Crippen molar-refractivity contribution in [3.63, 3.8) is 0 Å². The molecule has 0 atom stereocenters. The maximum absolute atomic E-state index is 2.44. The minimum atomic E-state index is 0.0607. The van der Waals surface area contributed by atoms with Gasteiger partial charge < -0.3 is 0 Å². The maximum Gasteiger partial charge on any atom is -0.00236 e. The van der Waals surface area contributed by atoms with Gasteiger partial charge in [0.15, 0.2) is 0 Å². The molecule has 0 nitrogen and oxygen atoms in total. The summed E-state index contributed by atoms with van der Waals surface area (Å²) in [6, 6.07) is 25.3. The maximum atomic E-state index is 2.44. The van der Waals surface area contributed by atoms with Crippen LogP contribution in [0.25, 0.3) is 32.7 Å². The summed E-state index contributed by atoms with van der Waals surface area (Å²) in [5.74, 6) is 0. The fourth-order valence-corrected chi connectivity index (χ4v) is 4.68. The van der Waals surface area contributed by atoms with Gasteiger partial charge in [0.25, 0.3) is 0 Å². The van der Waals surface area contributed by atoms with Crippen molar-refractivity contribution >= 4 is 21.5 Å². The Morgan fingerprint density at radius 2 is 1.06 bits per heavy atom. The highest BCUT2D eigenvalue weighted by Gasteiger charge is 2.24. The van der Waals surface area contributed by atoms with Gasteiger partial charge in [0.1, 0.15) is 0 Å². The summed E-state index contributed by atoms with van der Waals surface area (Å²) in [4.78, 5) is 0. The zero-order valence-corrected chi connectivity index (χ0v) is 21.4. The van der Waals surface area contributed by atoms with E-state index in [1.54, 1.807) is 0 Å². The molecule has 0 N–H and O–H groups in total. The van der Waals surface area contributed by atoms with Crippen molar-refractivity contribution < 1.29 is 0 Å². The quantitative estimate of drug-likeness (QED) is 0.268. The van der Waals surface area contributed by atoms with Crippen LogP contribution in [0.4, 0.5) is 0 Å². The first kappa shape index (κ1) is 22.6. The second kappa shape index (κ2) is 7.48. The van der Waals surface area contributed by atoms with Crippen LogP contribution in [0.5, 0.6) is 0 Å². The molecule has 4 aromatic rings. The Labute approximate surface area is 194 Å². The topological polar surface area (TPSA) is 0 Å². The molecule has 4 aromatic carbocycles. The summed E-state index contributed by atoms with van der Waals surface area (Å²) in [7, 11) is 0. The number of rotatable bonds is 1. The van der Waals surface area contributed by atoms with E-state index in [0.717, 1.165) is 0 Å². The van der Waals surface area contributed by atoms with Crippen LogP contribution in [0.2, 0.25) is 0 Å². The van der Waals surface area contributed by atoms with E-state index in [4.69, 9.17) is 0 Å². The number of hydrogen-bond acceptors (Lipinski definition) is 0. The predicted octanol–water partition coefficient (Wildman–Crippen LogP) is 9.55. The van der Waals surface area contributed by atoms with E-state index >= 15 is 0 Å². The molecule has 4 rings (SSSR count). The molecule has 0 bridgehead atoms. The van der Waals surface area contributed by atoms with E-state index in [1.807, 2.05) is 0 Å². The molecule has 0 amide bonds. The number of fused-ring (bicyclic) bond motifs is 2. The first-order chi connectivity index (χ1) is 14.8. The molecule has 0 aliphatic carbocycles. The third kappa shape index (κ3) is 4.08. The molecular formula is C32H38. The second-order valence-electron chi connectivity index (χ2n) is 12.4. The summed E-state index contributed by atoms with van der Waals surface area (Å²) in [5.41, 5.74) is 7.15. The highest BCUT2D eigenvalue weighted by atomic mass is 14.3. The van der Waals surface area contributed by atoms with Gasteiger partial charge in [0.2, 0.25) is 0 Å². The lowest BCUT2D eigenvalue weighted by molar-refractivity contribution is 0.569. The van der Waals surface area contributed by atoms with Gasteiger partial charge in [0, 0.05) is 0 Å². The molecule has 0 unspecified atom stereocenters. The summed E-state index contributed by atoms with van der Waals surface area (Å²) < 4.78 is 0. The zero-order chi connectivity index (χ0) is 23.5. The Balaban J connectivity index is 2.24. The first-order valence-corrected chi connectivity index (χ1v) is 11.9. The largest absolute Gasteiger partial charge is 0.0616 e. The molecule has 0 saturated carbocycles. The highest BCUT2D eigenvalue weighted by Crippen LogP contribution is 2.43. The Kier molecular flexibility index (Phi) is 5.28. The van der Waals surface area contributed by atoms with E-state index < -0.39 is 0 Å². The highest BCUT2D eigenvalue weighted by molar-refractivity contribution is 6.14. The summed E-state index contributed by atoms with van der Waals surface area (Å²) in [6.45, 7) is 20.9. The predicted molar refractivity (Wildman–Crippen MR) is 143 cm³/mol. The van der Waals surface area contributed by atoms with Gasteiger partial charge in [-0.05, 0) is 71.7 Å². The molecule has 0 spiro atoms. The van der Waals surface area contributed by atoms with Gasteiger partial charge >= 0.3 is 0 Å². The smallest absolute Gasteiger partial charge is 0.00236 e. The Morgan fingerprint density at radius 3 is 1.62 bits per heavy atom. The average molecular weight is 423 g/mol. The zero-order valence-electron chi connectivity index (χ0n) is 21.4. The minimum Gasteiger partial charge on any atom is -0.0616 e. The van der Waals surface area contributed by atoms with E-state index in [1.165, 1.54) is 49.4 Å². The van der Waals surface area contributed by atoms with Gasteiger partial charge in [-0.3, -0.25) is 0 Å². The molecule has 0 radical (unpaired) electrons. The van der Waals surface area contributed by atoms with Gasteiger partial charge in [-0.2, -0.15) is 0 Å². The van der Waals surface area contributed by atoms with Crippen LogP contribution >= 0.6 is 0 Å². The van der Waals surface area contributed by atoms with Crippen LogP contribution < -0.4 is 0 Å². The van der Waals surface area contributed by atoms with E-state index in [2.05, 4.69) is 129 Å². The van der Waals surface area contributed by atoms with Crippen LogP contribution in [0, 0.1) is 0 Å². The average Bonchev–Trinajstić information content (AvgIpc) is 2.69. The molecule has 0 heterocycles. The molecule has 0 aromatic heterocycles. The molecule has 0 aliphatic rings. The second-order valence-corrected chi connectivity index (χ2v) is 12.4. The third-order valence-electron chi connectivity index (χ3n) is 6.65. The molecule has 0 heteroatoms. The Bertz CT molecular complexity index is 1270. The fourth-order valence-electron chi connectivity index (χ4n) is 4.68. The van der Waals surface area contributed by atoms with Crippen molar-refractivity contribution in [1.82, 2.24) is 0 Å². The van der Waals surface area contributed by atoms with Crippen molar-refractivity contribution in [2.75, 3.05) is 0 Å². The van der Waals surface area contributed by atoms with E-state index in [9.17, 15) is 0 Å². The molecule has 0 aliphatic heterocycles. The normalized spacial score (nSPS) is 13.2. The van der Waals surface area contributed by atoms with E-state index in [-0.39, 0.29) is 16.2 Å². The van der Waals surface area contributed by atoms with Crippen molar-refractivity contribution in [3.05, 3.63) is 83.4 Å². The third-order valence-corrected chi connectivity index (χ3v) is 6.65. The fraction of sp³-hybridized carbons (Fsp3) is 0.375. The van der Waals surface area contributed by atoms with Crippen LogP contribution in [0.1, 0.15) is 79.0 Å². The Hall–Kier alpha value is -2.60. The Morgan fingerprint density at radius 1 is 0.500 bits per heavy atom. The lowest BCUT2D eigenvalue weighted by Crippen LogP contribution is -2.16. The summed E-state index contributed by atoms with van der Waals surface area (Å²) >= 11 is 0. The first-order valence-electron chi connectivity index (χ1n) is 11.9. The van der Waals surface area contributed by atoms with Gasteiger partial charge in [-0.15, -0.1) is 0 Å². The van der Waals surface area contributed by atoms with Crippen molar-refractivity contribution in [1.29, 1.82) is 0 Å². The van der Waals surface area contributed by atoms with Gasteiger partial charge in [-0.25, -0.2) is 0 Å². The summed E-state index contributed by atoms with van der Waals surface area (Å²) in [5, 5.41) is 5.36. The molecule has 166 valence electrons. The molecule has 0 saturated heterocycles.